The largest absolute Gasteiger partial charge is 0.507 e. The van der Waals surface area contributed by atoms with Crippen LogP contribution in [0, 0.1) is 0 Å². The second-order valence-electron chi connectivity index (χ2n) is 8.25. The van der Waals surface area contributed by atoms with Crippen molar-refractivity contribution in [2.75, 3.05) is 31.2 Å². The summed E-state index contributed by atoms with van der Waals surface area (Å²) in [5.41, 5.74) is 2.87. The number of phenolic OH excluding ortho intramolecular Hbond substituents is 1. The molecule has 5 nitrogen and oxygen atoms in total. The van der Waals surface area contributed by atoms with Crippen LogP contribution in [0.4, 0.5) is 5.69 Å². The number of benzene rings is 1. The lowest BCUT2D eigenvalue weighted by molar-refractivity contribution is 0.0664. The first-order valence-corrected chi connectivity index (χ1v) is 9.25. The number of anilines is 1. The van der Waals surface area contributed by atoms with Crippen molar-refractivity contribution in [2.45, 2.75) is 51.7 Å². The van der Waals surface area contributed by atoms with E-state index in [0.29, 0.717) is 18.8 Å². The number of hydrogen-bond acceptors (Lipinski definition) is 5. The molecule has 0 aliphatic carbocycles. The van der Waals surface area contributed by atoms with Gasteiger partial charge in [-0.05, 0) is 36.9 Å². The minimum Gasteiger partial charge on any atom is -0.507 e. The summed E-state index contributed by atoms with van der Waals surface area (Å²) >= 11 is 0. The smallest absolute Gasteiger partial charge is 0.123 e. The molecule has 138 valence electrons. The molecule has 0 aromatic heterocycles. The number of aliphatic hydroxyl groups excluding tert-OH is 1. The number of hydrogen-bond donors (Lipinski definition) is 3. The minimum absolute atomic E-state index is 0.136. The van der Waals surface area contributed by atoms with Gasteiger partial charge in [-0.1, -0.05) is 26.8 Å². The molecule has 0 bridgehead atoms. The fourth-order valence-electron chi connectivity index (χ4n) is 3.63. The summed E-state index contributed by atoms with van der Waals surface area (Å²) in [5.74, 6) is 0.394. The maximum absolute atomic E-state index is 10.9. The molecule has 0 saturated carbocycles. The van der Waals surface area contributed by atoms with Crippen LogP contribution in [0.2, 0.25) is 0 Å². The van der Waals surface area contributed by atoms with Crippen LogP contribution in [0.3, 0.4) is 0 Å². The first-order valence-electron chi connectivity index (χ1n) is 9.25. The molecular formula is C20H31N3O2. The fourth-order valence-corrected chi connectivity index (χ4v) is 3.63. The van der Waals surface area contributed by atoms with Gasteiger partial charge in [0.2, 0.25) is 0 Å². The average molecular weight is 345 g/mol. The third kappa shape index (κ3) is 4.35. The number of nitrogens with one attached hydrogen (secondary N) is 1. The molecule has 0 spiro atoms. The topological polar surface area (TPSA) is 59.0 Å². The molecular weight excluding hydrogens is 314 g/mol. The van der Waals surface area contributed by atoms with Crippen LogP contribution in [-0.4, -0.2) is 47.5 Å². The standard InChI is InChI=1S/C20H31N3O2/c1-20(2,3)18-11-16(23-9-5-7-21-14-23)10-15(19(18)25)12-22-8-4-6-17(24)13-22/h5,9-11,17,21,24-25H,4,6-8,12-14H2,1-3H3/t17-/m1/s1. The Morgan fingerprint density at radius 1 is 1.28 bits per heavy atom. The van der Waals surface area contributed by atoms with Crippen LogP contribution in [0.25, 0.3) is 0 Å². The van der Waals surface area contributed by atoms with E-state index in [2.05, 4.69) is 60.3 Å². The summed E-state index contributed by atoms with van der Waals surface area (Å²) < 4.78 is 0. The Morgan fingerprint density at radius 2 is 2.08 bits per heavy atom. The molecule has 1 fully saturated rings. The highest BCUT2D eigenvalue weighted by molar-refractivity contribution is 5.60. The normalized spacial score (nSPS) is 22.4. The van der Waals surface area contributed by atoms with Gasteiger partial charge in [0.15, 0.2) is 0 Å². The molecule has 1 aromatic carbocycles. The highest BCUT2D eigenvalue weighted by Gasteiger charge is 2.25. The van der Waals surface area contributed by atoms with Crippen molar-refractivity contribution in [3.8, 4) is 5.75 Å². The maximum atomic E-state index is 10.9. The first kappa shape index (κ1) is 18.2. The van der Waals surface area contributed by atoms with Gasteiger partial charge in [-0.15, -0.1) is 0 Å². The van der Waals surface area contributed by atoms with Crippen molar-refractivity contribution in [2.24, 2.45) is 0 Å². The monoisotopic (exact) mass is 345 g/mol. The van der Waals surface area contributed by atoms with E-state index in [0.717, 1.165) is 49.4 Å². The zero-order valence-corrected chi connectivity index (χ0v) is 15.6. The van der Waals surface area contributed by atoms with E-state index in [1.807, 2.05) is 0 Å². The molecule has 2 heterocycles. The van der Waals surface area contributed by atoms with Gasteiger partial charge >= 0.3 is 0 Å². The predicted octanol–water partition coefficient (Wildman–Crippen LogP) is 2.53. The SMILES string of the molecule is CC(C)(C)c1cc(N2C=CCNC2)cc(CN2CCC[C@@H](O)C2)c1O. The van der Waals surface area contributed by atoms with E-state index in [-0.39, 0.29) is 11.5 Å². The molecule has 25 heavy (non-hydrogen) atoms. The summed E-state index contributed by atoms with van der Waals surface area (Å²) in [7, 11) is 0. The lowest BCUT2D eigenvalue weighted by Crippen LogP contribution is -2.38. The van der Waals surface area contributed by atoms with Gasteiger partial charge in [0.25, 0.3) is 0 Å². The van der Waals surface area contributed by atoms with Crippen LogP contribution in [0.15, 0.2) is 24.4 Å². The van der Waals surface area contributed by atoms with Gasteiger partial charge in [-0.3, -0.25) is 10.2 Å². The quantitative estimate of drug-likeness (QED) is 0.786. The molecule has 1 aromatic rings. The maximum Gasteiger partial charge on any atom is 0.123 e. The van der Waals surface area contributed by atoms with Crippen molar-refractivity contribution in [3.63, 3.8) is 0 Å². The summed E-state index contributed by atoms with van der Waals surface area (Å²) in [6, 6.07) is 4.18. The third-order valence-electron chi connectivity index (χ3n) is 5.02. The Hall–Kier alpha value is -1.56. The Kier molecular flexibility index (Phi) is 5.37. The molecule has 0 unspecified atom stereocenters. The summed E-state index contributed by atoms with van der Waals surface area (Å²) in [5, 5.41) is 24.2. The van der Waals surface area contributed by atoms with Gasteiger partial charge in [0, 0.05) is 42.6 Å². The molecule has 5 heteroatoms. The van der Waals surface area contributed by atoms with Crippen LogP contribution in [0.5, 0.6) is 5.75 Å². The Labute approximate surface area is 150 Å². The zero-order valence-electron chi connectivity index (χ0n) is 15.6. The van der Waals surface area contributed by atoms with E-state index >= 15 is 0 Å². The zero-order chi connectivity index (χ0) is 18.0. The fraction of sp³-hybridized carbons (Fsp3) is 0.600. The molecule has 3 rings (SSSR count). The molecule has 1 saturated heterocycles. The number of likely N-dealkylation sites (tertiary alicyclic amines) is 1. The molecule has 2 aliphatic rings. The Morgan fingerprint density at radius 3 is 2.72 bits per heavy atom. The average Bonchev–Trinajstić information content (AvgIpc) is 2.56. The Balaban J connectivity index is 1.94. The van der Waals surface area contributed by atoms with Crippen LogP contribution < -0.4 is 10.2 Å². The lowest BCUT2D eigenvalue weighted by Gasteiger charge is -2.32. The van der Waals surface area contributed by atoms with Gasteiger partial charge in [-0.25, -0.2) is 0 Å². The molecule has 1 atom stereocenters. The minimum atomic E-state index is -0.254. The number of rotatable bonds is 3. The van der Waals surface area contributed by atoms with E-state index < -0.39 is 0 Å². The number of aromatic hydroxyl groups is 1. The Bertz CT molecular complexity index is 637. The van der Waals surface area contributed by atoms with Crippen molar-refractivity contribution in [1.29, 1.82) is 0 Å². The second kappa shape index (κ2) is 7.36. The van der Waals surface area contributed by atoms with Gasteiger partial charge in [0.05, 0.1) is 12.8 Å². The van der Waals surface area contributed by atoms with Gasteiger partial charge in [0.1, 0.15) is 5.75 Å². The molecule has 3 N–H and O–H groups in total. The summed E-state index contributed by atoms with van der Waals surface area (Å²) in [6.45, 7) is 10.4. The number of aliphatic hydroxyl groups is 1. The van der Waals surface area contributed by atoms with Crippen molar-refractivity contribution >= 4 is 5.69 Å². The summed E-state index contributed by atoms with van der Waals surface area (Å²) in [4.78, 5) is 4.41. The highest BCUT2D eigenvalue weighted by Crippen LogP contribution is 2.38. The van der Waals surface area contributed by atoms with Crippen LogP contribution in [0.1, 0.15) is 44.7 Å². The summed E-state index contributed by atoms with van der Waals surface area (Å²) in [6.07, 6.45) is 5.83. The van der Waals surface area contributed by atoms with Crippen LogP contribution >= 0.6 is 0 Å². The lowest BCUT2D eigenvalue weighted by atomic mass is 9.84. The number of piperidine rings is 1. The van der Waals surface area contributed by atoms with E-state index in [9.17, 15) is 10.2 Å². The molecule has 0 amide bonds. The van der Waals surface area contributed by atoms with E-state index in [1.165, 1.54) is 0 Å². The third-order valence-corrected chi connectivity index (χ3v) is 5.02. The van der Waals surface area contributed by atoms with Crippen molar-refractivity contribution < 1.29 is 10.2 Å². The van der Waals surface area contributed by atoms with Crippen LogP contribution in [-0.2, 0) is 12.0 Å². The number of nitrogens with zero attached hydrogens (tertiary/aromatic N) is 2. The first-order chi connectivity index (χ1) is 11.8. The van der Waals surface area contributed by atoms with E-state index in [1.54, 1.807) is 0 Å². The van der Waals surface area contributed by atoms with Gasteiger partial charge in [-0.2, -0.15) is 0 Å². The predicted molar refractivity (Wildman–Crippen MR) is 102 cm³/mol. The molecule has 2 aliphatic heterocycles. The van der Waals surface area contributed by atoms with E-state index in [4.69, 9.17) is 0 Å². The second-order valence-corrected chi connectivity index (χ2v) is 8.25. The highest BCUT2D eigenvalue weighted by atomic mass is 16.3. The number of β-amino-alcohol motifs (C(OH)–C–C–N with tert-alkyl or cyclic N) is 1. The number of phenols is 1. The van der Waals surface area contributed by atoms with Gasteiger partial charge < -0.3 is 15.1 Å². The van der Waals surface area contributed by atoms with Crippen molar-refractivity contribution in [3.05, 3.63) is 35.5 Å². The molecule has 0 radical (unpaired) electrons. The van der Waals surface area contributed by atoms with Crippen molar-refractivity contribution in [1.82, 2.24) is 10.2 Å².